The first kappa shape index (κ1) is 16.0. The van der Waals surface area contributed by atoms with Gasteiger partial charge in [-0.05, 0) is 41.7 Å². The monoisotopic (exact) mass is 322 g/mol. The van der Waals surface area contributed by atoms with Crippen LogP contribution < -0.4 is 4.74 Å². The van der Waals surface area contributed by atoms with Gasteiger partial charge < -0.3 is 9.47 Å². The maximum absolute atomic E-state index is 11.5. The summed E-state index contributed by atoms with van der Waals surface area (Å²) >= 11 is 0. The molecule has 0 heterocycles. The molecule has 0 amide bonds. The van der Waals surface area contributed by atoms with E-state index in [4.69, 9.17) is 9.47 Å². The van der Waals surface area contributed by atoms with Gasteiger partial charge in [0.05, 0.1) is 5.92 Å². The standard InChI is InChI=1S/C20H18O4/c1-2-19(21)24-18-11-9-16(10-12-18)15-5-3-14(4-6-15)13-23-20(22)17-7-8-17/h2-6,9-12,17H,1,7-8,13H2. The second kappa shape index (κ2) is 7.13. The van der Waals surface area contributed by atoms with E-state index in [0.29, 0.717) is 12.4 Å². The van der Waals surface area contributed by atoms with E-state index >= 15 is 0 Å². The lowest BCUT2D eigenvalue weighted by atomic mass is 10.0. The zero-order valence-corrected chi connectivity index (χ0v) is 13.2. The number of hydrogen-bond acceptors (Lipinski definition) is 4. The largest absolute Gasteiger partial charge is 0.461 e. The Morgan fingerprint density at radius 2 is 1.58 bits per heavy atom. The van der Waals surface area contributed by atoms with Crippen LogP contribution in [0.1, 0.15) is 18.4 Å². The van der Waals surface area contributed by atoms with Gasteiger partial charge in [0, 0.05) is 6.08 Å². The molecule has 0 aromatic heterocycles. The molecule has 2 aromatic rings. The second-order valence-corrected chi connectivity index (χ2v) is 5.73. The van der Waals surface area contributed by atoms with Crippen LogP contribution in [0.5, 0.6) is 5.75 Å². The van der Waals surface area contributed by atoms with Gasteiger partial charge in [-0.2, -0.15) is 0 Å². The summed E-state index contributed by atoms with van der Waals surface area (Å²) < 4.78 is 10.3. The Balaban J connectivity index is 1.61. The highest BCUT2D eigenvalue weighted by Gasteiger charge is 2.31. The van der Waals surface area contributed by atoms with E-state index in [1.54, 1.807) is 12.1 Å². The smallest absolute Gasteiger partial charge is 0.335 e. The minimum Gasteiger partial charge on any atom is -0.461 e. The van der Waals surface area contributed by atoms with Crippen molar-refractivity contribution in [2.45, 2.75) is 19.4 Å². The van der Waals surface area contributed by atoms with Crippen molar-refractivity contribution in [3.05, 3.63) is 66.7 Å². The Morgan fingerprint density at radius 3 is 2.12 bits per heavy atom. The molecule has 24 heavy (non-hydrogen) atoms. The highest BCUT2D eigenvalue weighted by molar-refractivity contribution is 5.83. The number of benzene rings is 2. The third-order valence-electron chi connectivity index (χ3n) is 3.82. The molecule has 3 rings (SSSR count). The molecular weight excluding hydrogens is 304 g/mol. The van der Waals surface area contributed by atoms with E-state index in [0.717, 1.165) is 35.6 Å². The average Bonchev–Trinajstić information content (AvgIpc) is 3.46. The molecule has 0 N–H and O–H groups in total. The van der Waals surface area contributed by atoms with E-state index < -0.39 is 5.97 Å². The number of esters is 2. The van der Waals surface area contributed by atoms with Crippen LogP contribution >= 0.6 is 0 Å². The van der Waals surface area contributed by atoms with Gasteiger partial charge in [-0.25, -0.2) is 4.79 Å². The third kappa shape index (κ3) is 4.10. The van der Waals surface area contributed by atoms with Gasteiger partial charge in [-0.3, -0.25) is 4.79 Å². The lowest BCUT2D eigenvalue weighted by molar-refractivity contribution is -0.146. The van der Waals surface area contributed by atoms with E-state index in [-0.39, 0.29) is 11.9 Å². The van der Waals surface area contributed by atoms with Crippen molar-refractivity contribution in [1.29, 1.82) is 0 Å². The molecular formula is C20H18O4. The SMILES string of the molecule is C=CC(=O)Oc1ccc(-c2ccc(COC(=O)C3CC3)cc2)cc1. The minimum atomic E-state index is -0.479. The molecule has 0 radical (unpaired) electrons. The predicted octanol–water partition coefficient (Wildman–Crippen LogP) is 3.90. The molecule has 1 saturated carbocycles. The molecule has 0 unspecified atom stereocenters. The van der Waals surface area contributed by atoms with Crippen LogP contribution in [-0.2, 0) is 20.9 Å². The van der Waals surface area contributed by atoms with Gasteiger partial charge in [0.15, 0.2) is 0 Å². The van der Waals surface area contributed by atoms with Crippen molar-refractivity contribution in [2.75, 3.05) is 0 Å². The van der Waals surface area contributed by atoms with E-state index in [2.05, 4.69) is 6.58 Å². The molecule has 122 valence electrons. The zero-order valence-electron chi connectivity index (χ0n) is 13.2. The number of hydrogen-bond donors (Lipinski definition) is 0. The number of carbonyl (C=O) groups excluding carboxylic acids is 2. The Kier molecular flexibility index (Phi) is 4.75. The molecule has 0 saturated heterocycles. The fraction of sp³-hybridized carbons (Fsp3) is 0.200. The van der Waals surface area contributed by atoms with Gasteiger partial charge in [-0.15, -0.1) is 0 Å². The maximum atomic E-state index is 11.5. The lowest BCUT2D eigenvalue weighted by Crippen LogP contribution is -2.06. The highest BCUT2D eigenvalue weighted by Crippen LogP contribution is 2.30. The summed E-state index contributed by atoms with van der Waals surface area (Å²) in [6.45, 7) is 3.67. The number of carbonyl (C=O) groups is 2. The van der Waals surface area contributed by atoms with Crippen molar-refractivity contribution >= 4 is 11.9 Å². The lowest BCUT2D eigenvalue weighted by Gasteiger charge is -2.07. The Hall–Kier alpha value is -2.88. The van der Waals surface area contributed by atoms with Crippen LogP contribution in [0.3, 0.4) is 0 Å². The first-order valence-corrected chi connectivity index (χ1v) is 7.86. The van der Waals surface area contributed by atoms with Gasteiger partial charge in [0.2, 0.25) is 0 Å². The number of ether oxygens (including phenoxy) is 2. The summed E-state index contributed by atoms with van der Waals surface area (Å²) in [4.78, 5) is 22.7. The fourth-order valence-electron chi connectivity index (χ4n) is 2.26. The zero-order chi connectivity index (χ0) is 16.9. The first-order chi connectivity index (χ1) is 11.7. The van der Waals surface area contributed by atoms with Crippen LogP contribution in [0.2, 0.25) is 0 Å². The molecule has 0 spiro atoms. The van der Waals surface area contributed by atoms with Crippen molar-refractivity contribution in [3.8, 4) is 16.9 Å². The summed E-state index contributed by atoms with van der Waals surface area (Å²) in [7, 11) is 0. The summed E-state index contributed by atoms with van der Waals surface area (Å²) in [5.41, 5.74) is 3.01. The Morgan fingerprint density at radius 1 is 1.00 bits per heavy atom. The van der Waals surface area contributed by atoms with Crippen molar-refractivity contribution in [1.82, 2.24) is 0 Å². The molecule has 1 aliphatic rings. The summed E-state index contributed by atoms with van der Waals surface area (Å²) in [5, 5.41) is 0. The molecule has 1 fully saturated rings. The second-order valence-electron chi connectivity index (χ2n) is 5.73. The molecule has 0 bridgehead atoms. The topological polar surface area (TPSA) is 52.6 Å². The molecule has 4 nitrogen and oxygen atoms in total. The van der Waals surface area contributed by atoms with Crippen molar-refractivity contribution in [3.63, 3.8) is 0 Å². The highest BCUT2D eigenvalue weighted by atomic mass is 16.5. The fourth-order valence-corrected chi connectivity index (χ4v) is 2.26. The van der Waals surface area contributed by atoms with Crippen molar-refractivity contribution in [2.24, 2.45) is 5.92 Å². The molecule has 0 atom stereocenters. The van der Waals surface area contributed by atoms with Crippen LogP contribution in [0.25, 0.3) is 11.1 Å². The normalized spacial score (nSPS) is 13.2. The van der Waals surface area contributed by atoms with Gasteiger partial charge in [0.25, 0.3) is 0 Å². The Bertz CT molecular complexity index is 740. The average molecular weight is 322 g/mol. The van der Waals surface area contributed by atoms with Crippen LogP contribution in [0.15, 0.2) is 61.2 Å². The summed E-state index contributed by atoms with van der Waals surface area (Å²) in [5.74, 6) is 0.0295. The summed E-state index contributed by atoms with van der Waals surface area (Å²) in [6, 6.07) is 15.1. The van der Waals surface area contributed by atoms with Gasteiger partial charge in [0.1, 0.15) is 12.4 Å². The molecule has 1 aliphatic carbocycles. The first-order valence-electron chi connectivity index (χ1n) is 7.86. The molecule has 0 aliphatic heterocycles. The van der Waals surface area contributed by atoms with Gasteiger partial charge >= 0.3 is 11.9 Å². The molecule has 4 heteroatoms. The quantitative estimate of drug-likeness (QED) is 0.460. The third-order valence-corrected chi connectivity index (χ3v) is 3.82. The van der Waals surface area contributed by atoms with Gasteiger partial charge in [-0.1, -0.05) is 43.0 Å². The predicted molar refractivity (Wildman–Crippen MR) is 90.2 cm³/mol. The van der Waals surface area contributed by atoms with Crippen LogP contribution in [-0.4, -0.2) is 11.9 Å². The number of rotatable bonds is 6. The van der Waals surface area contributed by atoms with E-state index in [1.165, 1.54) is 0 Å². The van der Waals surface area contributed by atoms with E-state index in [9.17, 15) is 9.59 Å². The van der Waals surface area contributed by atoms with Crippen LogP contribution in [0.4, 0.5) is 0 Å². The summed E-state index contributed by atoms with van der Waals surface area (Å²) in [6.07, 6.45) is 3.04. The minimum absolute atomic E-state index is 0.0938. The van der Waals surface area contributed by atoms with Crippen molar-refractivity contribution < 1.29 is 19.1 Å². The molecule has 2 aromatic carbocycles. The van der Waals surface area contributed by atoms with E-state index in [1.807, 2.05) is 36.4 Å². The Labute approximate surface area is 140 Å². The van der Waals surface area contributed by atoms with Crippen LogP contribution in [0, 0.1) is 5.92 Å². The maximum Gasteiger partial charge on any atom is 0.335 e.